The number of unbranched alkanes of at least 4 members (excludes halogenated alkanes) is 1. The lowest BCUT2D eigenvalue weighted by molar-refractivity contribution is -0.132. The van der Waals surface area contributed by atoms with Crippen LogP contribution >= 0.6 is 0 Å². The van der Waals surface area contributed by atoms with Crippen molar-refractivity contribution >= 4 is 5.91 Å². The highest BCUT2D eigenvalue weighted by atomic mass is 16.2. The van der Waals surface area contributed by atoms with E-state index in [1.165, 1.54) is 12.0 Å². The van der Waals surface area contributed by atoms with Crippen molar-refractivity contribution in [3.63, 3.8) is 0 Å². The molecule has 1 fully saturated rings. The second-order valence-corrected chi connectivity index (χ2v) is 6.81. The predicted molar refractivity (Wildman–Crippen MR) is 88.2 cm³/mol. The van der Waals surface area contributed by atoms with Crippen molar-refractivity contribution < 1.29 is 4.79 Å². The Morgan fingerprint density at radius 3 is 2.62 bits per heavy atom. The Hall–Kier alpha value is -1.31. The van der Waals surface area contributed by atoms with E-state index in [0.29, 0.717) is 30.1 Å². The van der Waals surface area contributed by atoms with Gasteiger partial charge in [0, 0.05) is 19.5 Å². The molecule has 2 unspecified atom stereocenters. The maximum atomic E-state index is 12.4. The van der Waals surface area contributed by atoms with Gasteiger partial charge in [0.15, 0.2) is 0 Å². The van der Waals surface area contributed by atoms with E-state index < -0.39 is 0 Å². The molecule has 0 heterocycles. The van der Waals surface area contributed by atoms with Crippen molar-refractivity contribution in [2.45, 2.75) is 52.4 Å². The predicted octanol–water partition coefficient (Wildman–Crippen LogP) is 4.46. The molecule has 2 heteroatoms. The highest BCUT2D eigenvalue weighted by Crippen LogP contribution is 2.47. The topological polar surface area (TPSA) is 20.3 Å². The van der Waals surface area contributed by atoms with Crippen LogP contribution in [0.3, 0.4) is 0 Å². The summed E-state index contributed by atoms with van der Waals surface area (Å²) in [4.78, 5) is 14.5. The fraction of sp³-hybridized carbons (Fsp3) is 0.632. The average Bonchev–Trinajstić information content (AvgIpc) is 3.24. The Labute approximate surface area is 129 Å². The van der Waals surface area contributed by atoms with Crippen LogP contribution in [0.1, 0.15) is 57.9 Å². The highest BCUT2D eigenvalue weighted by Gasteiger charge is 2.39. The normalized spacial score (nSPS) is 20.6. The zero-order valence-electron chi connectivity index (χ0n) is 13.7. The molecule has 1 amide bonds. The molecule has 0 radical (unpaired) electrons. The van der Waals surface area contributed by atoms with Gasteiger partial charge in [-0.05, 0) is 36.2 Å². The van der Waals surface area contributed by atoms with Gasteiger partial charge in [-0.1, -0.05) is 57.5 Å². The SMILES string of the molecule is CCCCC(=O)N(CC(C)C)CC1CC1c1ccccc1. The maximum Gasteiger partial charge on any atom is 0.222 e. The molecule has 2 atom stereocenters. The zero-order chi connectivity index (χ0) is 15.2. The molecule has 0 saturated heterocycles. The molecule has 1 aromatic carbocycles. The second-order valence-electron chi connectivity index (χ2n) is 6.81. The van der Waals surface area contributed by atoms with Gasteiger partial charge in [-0.3, -0.25) is 4.79 Å². The standard InChI is InChI=1S/C19H29NO/c1-4-5-11-19(21)20(13-15(2)3)14-17-12-18(17)16-9-7-6-8-10-16/h6-10,15,17-18H,4-5,11-14H2,1-3H3. The first-order chi connectivity index (χ1) is 10.1. The van der Waals surface area contributed by atoms with Crippen LogP contribution in [0.4, 0.5) is 0 Å². The Morgan fingerprint density at radius 1 is 1.29 bits per heavy atom. The van der Waals surface area contributed by atoms with Crippen LogP contribution in [-0.4, -0.2) is 23.9 Å². The summed E-state index contributed by atoms with van der Waals surface area (Å²) >= 11 is 0. The van der Waals surface area contributed by atoms with Gasteiger partial charge in [0.05, 0.1) is 0 Å². The summed E-state index contributed by atoms with van der Waals surface area (Å²) in [6, 6.07) is 10.7. The molecule has 0 N–H and O–H groups in total. The largest absolute Gasteiger partial charge is 0.342 e. The monoisotopic (exact) mass is 287 g/mol. The smallest absolute Gasteiger partial charge is 0.222 e. The number of benzene rings is 1. The summed E-state index contributed by atoms with van der Waals surface area (Å²) in [5, 5.41) is 0. The number of rotatable bonds is 8. The molecule has 1 aromatic rings. The number of hydrogen-bond donors (Lipinski definition) is 0. The van der Waals surface area contributed by atoms with Gasteiger partial charge in [0.2, 0.25) is 5.91 Å². The molecule has 116 valence electrons. The molecule has 1 aliphatic rings. The highest BCUT2D eigenvalue weighted by molar-refractivity contribution is 5.76. The Kier molecular flexibility index (Phi) is 5.84. The van der Waals surface area contributed by atoms with Crippen LogP contribution in [0.15, 0.2) is 30.3 Å². The van der Waals surface area contributed by atoms with Crippen molar-refractivity contribution in [1.82, 2.24) is 4.90 Å². The van der Waals surface area contributed by atoms with E-state index >= 15 is 0 Å². The third kappa shape index (κ3) is 4.87. The van der Waals surface area contributed by atoms with Gasteiger partial charge in [-0.25, -0.2) is 0 Å². The maximum absolute atomic E-state index is 12.4. The third-order valence-electron chi connectivity index (χ3n) is 4.29. The van der Waals surface area contributed by atoms with Gasteiger partial charge in [0.25, 0.3) is 0 Å². The molecule has 1 saturated carbocycles. The molecule has 2 rings (SSSR count). The number of hydrogen-bond acceptors (Lipinski definition) is 1. The van der Waals surface area contributed by atoms with Gasteiger partial charge in [-0.15, -0.1) is 0 Å². The van der Waals surface area contributed by atoms with Crippen molar-refractivity contribution in [1.29, 1.82) is 0 Å². The number of carbonyl (C=O) groups is 1. The van der Waals surface area contributed by atoms with E-state index in [-0.39, 0.29) is 0 Å². The van der Waals surface area contributed by atoms with E-state index in [9.17, 15) is 4.79 Å². The van der Waals surface area contributed by atoms with Gasteiger partial charge in [-0.2, -0.15) is 0 Å². The van der Waals surface area contributed by atoms with Gasteiger partial charge < -0.3 is 4.90 Å². The van der Waals surface area contributed by atoms with E-state index in [1.54, 1.807) is 0 Å². The number of carbonyl (C=O) groups excluding carboxylic acids is 1. The minimum absolute atomic E-state index is 0.351. The van der Waals surface area contributed by atoms with E-state index in [4.69, 9.17) is 0 Å². The van der Waals surface area contributed by atoms with Gasteiger partial charge in [0.1, 0.15) is 0 Å². The quantitative estimate of drug-likeness (QED) is 0.691. The summed E-state index contributed by atoms with van der Waals surface area (Å²) in [5.41, 5.74) is 1.44. The lowest BCUT2D eigenvalue weighted by Gasteiger charge is -2.25. The first-order valence-corrected chi connectivity index (χ1v) is 8.44. The molecule has 2 nitrogen and oxygen atoms in total. The zero-order valence-corrected chi connectivity index (χ0v) is 13.7. The van der Waals surface area contributed by atoms with E-state index in [2.05, 4.69) is 56.0 Å². The molecule has 1 aliphatic carbocycles. The molecule has 21 heavy (non-hydrogen) atoms. The Morgan fingerprint density at radius 2 is 2.00 bits per heavy atom. The van der Waals surface area contributed by atoms with E-state index in [1.807, 2.05) is 0 Å². The molecule has 0 bridgehead atoms. The summed E-state index contributed by atoms with van der Waals surface area (Å²) in [7, 11) is 0. The van der Waals surface area contributed by atoms with Crippen LogP contribution in [0.25, 0.3) is 0 Å². The van der Waals surface area contributed by atoms with Crippen molar-refractivity contribution in [2.24, 2.45) is 11.8 Å². The lowest BCUT2D eigenvalue weighted by Crippen LogP contribution is -2.35. The first kappa shape index (κ1) is 16.1. The number of amides is 1. The summed E-state index contributed by atoms with van der Waals surface area (Å²) in [6.45, 7) is 8.39. The average molecular weight is 287 g/mol. The van der Waals surface area contributed by atoms with Crippen LogP contribution in [0, 0.1) is 11.8 Å². The molecular formula is C19H29NO. The third-order valence-corrected chi connectivity index (χ3v) is 4.29. The Balaban J connectivity index is 1.89. The lowest BCUT2D eigenvalue weighted by atomic mass is 10.1. The van der Waals surface area contributed by atoms with Gasteiger partial charge >= 0.3 is 0 Å². The molecule has 0 aromatic heterocycles. The second kappa shape index (κ2) is 7.63. The summed E-state index contributed by atoms with van der Waals surface area (Å²) in [5.74, 6) is 2.23. The Bertz CT molecular complexity index is 440. The van der Waals surface area contributed by atoms with Crippen LogP contribution in [-0.2, 0) is 4.79 Å². The summed E-state index contributed by atoms with van der Waals surface area (Å²) in [6.07, 6.45) is 4.06. The van der Waals surface area contributed by atoms with Crippen molar-refractivity contribution in [2.75, 3.05) is 13.1 Å². The van der Waals surface area contributed by atoms with Crippen molar-refractivity contribution in [3.8, 4) is 0 Å². The van der Waals surface area contributed by atoms with Crippen molar-refractivity contribution in [3.05, 3.63) is 35.9 Å². The first-order valence-electron chi connectivity index (χ1n) is 8.44. The molecule has 0 aliphatic heterocycles. The minimum atomic E-state index is 0.351. The summed E-state index contributed by atoms with van der Waals surface area (Å²) < 4.78 is 0. The number of nitrogens with zero attached hydrogens (tertiary/aromatic N) is 1. The fourth-order valence-corrected chi connectivity index (χ4v) is 3.05. The van der Waals surface area contributed by atoms with Crippen LogP contribution in [0.5, 0.6) is 0 Å². The van der Waals surface area contributed by atoms with E-state index in [0.717, 1.165) is 25.9 Å². The molecule has 0 spiro atoms. The fourth-order valence-electron chi connectivity index (χ4n) is 3.05. The minimum Gasteiger partial charge on any atom is -0.342 e. The van der Waals surface area contributed by atoms with Crippen LogP contribution in [0.2, 0.25) is 0 Å². The molecular weight excluding hydrogens is 258 g/mol. The van der Waals surface area contributed by atoms with Crippen LogP contribution < -0.4 is 0 Å².